The van der Waals surface area contributed by atoms with Gasteiger partial charge in [0.05, 0.1) is 17.8 Å². The molecule has 0 fully saturated rings. The van der Waals surface area contributed by atoms with E-state index in [1.165, 1.54) is 21.6 Å². The van der Waals surface area contributed by atoms with Crippen molar-refractivity contribution in [2.24, 2.45) is 0 Å². The molecule has 4 rings (SSSR count). The van der Waals surface area contributed by atoms with Crippen molar-refractivity contribution >= 4 is 11.3 Å². The van der Waals surface area contributed by atoms with Crippen LogP contribution in [0.15, 0.2) is 47.8 Å². The molecule has 1 N–H and O–H groups in total. The second kappa shape index (κ2) is 7.83. The summed E-state index contributed by atoms with van der Waals surface area (Å²) in [7, 11) is 0. The predicted molar refractivity (Wildman–Crippen MR) is 117 cm³/mol. The number of aliphatic hydroxyl groups excluding tert-OH is 1. The minimum atomic E-state index is -0.321. The third kappa shape index (κ3) is 3.58. The van der Waals surface area contributed by atoms with Gasteiger partial charge in [0, 0.05) is 4.88 Å². The first-order chi connectivity index (χ1) is 13.6. The van der Waals surface area contributed by atoms with E-state index in [2.05, 4.69) is 47.6 Å². The molecular formula is C25H24O2S. The number of benzene rings is 2. The van der Waals surface area contributed by atoms with Crippen LogP contribution in [0.1, 0.15) is 50.0 Å². The largest absolute Gasteiger partial charge is 0.490 e. The van der Waals surface area contributed by atoms with Crippen molar-refractivity contribution < 1.29 is 9.84 Å². The molecule has 0 saturated carbocycles. The predicted octanol–water partition coefficient (Wildman–Crippen LogP) is 6.22. The molecule has 28 heavy (non-hydrogen) atoms. The fourth-order valence-corrected chi connectivity index (χ4v) is 4.76. The van der Waals surface area contributed by atoms with Gasteiger partial charge in [-0.25, -0.2) is 0 Å². The van der Waals surface area contributed by atoms with E-state index in [1.807, 2.05) is 32.9 Å². The lowest BCUT2D eigenvalue weighted by molar-refractivity contribution is 0.180. The topological polar surface area (TPSA) is 29.5 Å². The highest BCUT2D eigenvalue weighted by Crippen LogP contribution is 2.41. The summed E-state index contributed by atoms with van der Waals surface area (Å²) in [4.78, 5) is 1.24. The van der Waals surface area contributed by atoms with E-state index in [0.717, 1.165) is 35.3 Å². The Hall–Kier alpha value is -2.54. The van der Waals surface area contributed by atoms with Gasteiger partial charge in [0.15, 0.2) is 0 Å². The number of rotatable bonds is 4. The van der Waals surface area contributed by atoms with E-state index in [-0.39, 0.29) is 12.2 Å². The van der Waals surface area contributed by atoms with E-state index < -0.39 is 0 Å². The van der Waals surface area contributed by atoms with Gasteiger partial charge in [0.25, 0.3) is 0 Å². The Morgan fingerprint density at radius 3 is 2.79 bits per heavy atom. The van der Waals surface area contributed by atoms with Crippen LogP contribution in [-0.2, 0) is 6.42 Å². The van der Waals surface area contributed by atoms with Gasteiger partial charge in [-0.2, -0.15) is 0 Å². The Morgan fingerprint density at radius 1 is 1.14 bits per heavy atom. The Bertz CT molecular complexity index is 1070. The molecule has 0 radical (unpaired) electrons. The van der Waals surface area contributed by atoms with E-state index in [1.54, 1.807) is 11.3 Å². The molecule has 2 nitrogen and oxygen atoms in total. The lowest BCUT2D eigenvalue weighted by Gasteiger charge is -2.12. The van der Waals surface area contributed by atoms with Gasteiger partial charge < -0.3 is 9.84 Å². The summed E-state index contributed by atoms with van der Waals surface area (Å²) in [6.07, 6.45) is 1.56. The van der Waals surface area contributed by atoms with Gasteiger partial charge in [-0.05, 0) is 85.0 Å². The first kappa shape index (κ1) is 18.8. The molecule has 3 aromatic rings. The minimum Gasteiger partial charge on any atom is -0.490 e. The average molecular weight is 389 g/mol. The monoisotopic (exact) mass is 388 g/mol. The molecule has 0 spiro atoms. The summed E-state index contributed by atoms with van der Waals surface area (Å²) in [6, 6.07) is 14.7. The van der Waals surface area contributed by atoms with Crippen molar-refractivity contribution in [3.05, 3.63) is 64.5 Å². The Labute approximate surface area is 170 Å². The number of fused-ring (bicyclic) bond motifs is 1. The molecule has 1 unspecified atom stereocenters. The molecule has 1 heterocycles. The highest BCUT2D eigenvalue weighted by Gasteiger charge is 2.23. The van der Waals surface area contributed by atoms with Crippen LogP contribution in [0.4, 0.5) is 0 Å². The third-order valence-electron chi connectivity index (χ3n) is 5.04. The van der Waals surface area contributed by atoms with E-state index in [9.17, 15) is 5.11 Å². The van der Waals surface area contributed by atoms with Crippen molar-refractivity contribution in [1.29, 1.82) is 0 Å². The first-order valence-electron chi connectivity index (χ1n) is 9.69. The van der Waals surface area contributed by atoms with E-state index in [0.29, 0.717) is 0 Å². The van der Waals surface area contributed by atoms with Crippen LogP contribution in [0.2, 0.25) is 0 Å². The highest BCUT2D eigenvalue weighted by atomic mass is 32.1. The van der Waals surface area contributed by atoms with Crippen molar-refractivity contribution in [3.63, 3.8) is 0 Å². The number of thiophene rings is 1. The summed E-state index contributed by atoms with van der Waals surface area (Å²) < 4.78 is 5.90. The Kier molecular flexibility index (Phi) is 5.26. The number of hydrogen-bond donors (Lipinski definition) is 1. The smallest absolute Gasteiger partial charge is 0.135 e. The van der Waals surface area contributed by atoms with E-state index in [4.69, 9.17) is 4.74 Å². The first-order valence-corrected chi connectivity index (χ1v) is 10.6. The normalized spacial score (nSPS) is 15.2. The van der Waals surface area contributed by atoms with Crippen molar-refractivity contribution in [2.75, 3.05) is 0 Å². The lowest BCUT2D eigenvalue weighted by Crippen LogP contribution is -2.06. The van der Waals surface area contributed by atoms with Gasteiger partial charge in [-0.3, -0.25) is 0 Å². The summed E-state index contributed by atoms with van der Waals surface area (Å²) in [5.74, 6) is 6.99. The number of aliphatic hydroxyl groups is 1. The molecule has 142 valence electrons. The molecule has 1 atom stereocenters. The maximum Gasteiger partial charge on any atom is 0.135 e. The van der Waals surface area contributed by atoms with Gasteiger partial charge in [-0.15, -0.1) is 17.3 Å². The molecular weight excluding hydrogens is 364 g/mol. The zero-order chi connectivity index (χ0) is 19.7. The highest BCUT2D eigenvalue weighted by molar-refractivity contribution is 7.14. The Balaban J connectivity index is 1.70. The quantitative estimate of drug-likeness (QED) is 0.538. The molecule has 0 saturated heterocycles. The van der Waals surface area contributed by atoms with Gasteiger partial charge in [-0.1, -0.05) is 30.2 Å². The average Bonchev–Trinajstić information content (AvgIpc) is 3.30. The van der Waals surface area contributed by atoms with Crippen molar-refractivity contribution in [2.45, 2.75) is 45.8 Å². The molecule has 1 aromatic heterocycles. The second-order valence-corrected chi connectivity index (χ2v) is 8.29. The molecule has 0 aliphatic heterocycles. The molecule has 1 aliphatic carbocycles. The van der Waals surface area contributed by atoms with Gasteiger partial charge in [0.1, 0.15) is 5.75 Å². The van der Waals surface area contributed by atoms with Crippen LogP contribution in [0.5, 0.6) is 5.75 Å². The summed E-state index contributed by atoms with van der Waals surface area (Å²) in [6.45, 7) is 5.90. The summed E-state index contributed by atoms with van der Waals surface area (Å²) in [5.41, 5.74) is 6.88. The summed E-state index contributed by atoms with van der Waals surface area (Å²) in [5, 5.41) is 12.4. The zero-order valence-electron chi connectivity index (χ0n) is 16.5. The molecule has 0 amide bonds. The van der Waals surface area contributed by atoms with E-state index >= 15 is 0 Å². The SMILES string of the molecule is CC#Cc1cc(-c2csc(-c3cccc4c3CCC4O)c2)ccc1OC(C)C. The van der Waals surface area contributed by atoms with Crippen LogP contribution in [0.25, 0.3) is 21.6 Å². The molecule has 1 aliphatic rings. The van der Waals surface area contributed by atoms with Gasteiger partial charge in [0.2, 0.25) is 0 Å². The Morgan fingerprint density at radius 2 is 2.00 bits per heavy atom. The molecule has 2 aromatic carbocycles. The maximum absolute atomic E-state index is 10.2. The number of ether oxygens (including phenoxy) is 1. The van der Waals surface area contributed by atoms with Crippen LogP contribution < -0.4 is 4.74 Å². The number of hydrogen-bond acceptors (Lipinski definition) is 3. The van der Waals surface area contributed by atoms with Crippen LogP contribution in [0.3, 0.4) is 0 Å². The van der Waals surface area contributed by atoms with Crippen LogP contribution in [-0.4, -0.2) is 11.2 Å². The second-order valence-electron chi connectivity index (χ2n) is 7.38. The van der Waals surface area contributed by atoms with Crippen molar-refractivity contribution in [3.8, 4) is 39.2 Å². The van der Waals surface area contributed by atoms with Gasteiger partial charge >= 0.3 is 0 Å². The lowest BCUT2D eigenvalue weighted by atomic mass is 10.00. The summed E-state index contributed by atoms with van der Waals surface area (Å²) >= 11 is 1.75. The molecule has 0 bridgehead atoms. The standard InChI is InChI=1S/C25H24O2S/c1-4-6-18-13-17(9-12-24(18)27-16(2)3)19-14-25(28-15-19)22-8-5-7-21-20(22)10-11-23(21)26/h5,7-9,12-16,23,26H,10-11H2,1-3H3. The minimum absolute atomic E-state index is 0.117. The fourth-order valence-electron chi connectivity index (χ4n) is 3.79. The molecule has 3 heteroatoms. The van der Waals surface area contributed by atoms with Crippen molar-refractivity contribution in [1.82, 2.24) is 0 Å². The fraction of sp³-hybridized carbons (Fsp3) is 0.280. The maximum atomic E-state index is 10.2. The van der Waals surface area contributed by atoms with Crippen LogP contribution >= 0.6 is 11.3 Å². The van der Waals surface area contributed by atoms with Crippen LogP contribution in [0, 0.1) is 11.8 Å². The zero-order valence-corrected chi connectivity index (χ0v) is 17.3. The third-order valence-corrected chi connectivity index (χ3v) is 6.00.